The van der Waals surface area contributed by atoms with Crippen molar-refractivity contribution < 1.29 is 9.53 Å². The van der Waals surface area contributed by atoms with Gasteiger partial charge in [0, 0.05) is 23.6 Å². The highest BCUT2D eigenvalue weighted by atomic mass is 79.9. The Balaban J connectivity index is 1.83. The van der Waals surface area contributed by atoms with Crippen molar-refractivity contribution in [2.75, 3.05) is 26.3 Å². The lowest BCUT2D eigenvalue weighted by molar-refractivity contribution is -0.129. The van der Waals surface area contributed by atoms with Crippen molar-refractivity contribution in [3.63, 3.8) is 0 Å². The number of nitrogens with zero attached hydrogens (tertiary/aromatic N) is 1. The van der Waals surface area contributed by atoms with Crippen LogP contribution in [-0.4, -0.2) is 37.1 Å². The molecule has 1 amide bonds. The zero-order valence-corrected chi connectivity index (χ0v) is 15.3. The van der Waals surface area contributed by atoms with Gasteiger partial charge in [-0.3, -0.25) is 4.79 Å². The van der Waals surface area contributed by atoms with Crippen molar-refractivity contribution in [2.24, 2.45) is 0 Å². The molecule has 1 fully saturated rings. The van der Waals surface area contributed by atoms with Gasteiger partial charge in [-0.25, -0.2) is 0 Å². The second-order valence-electron chi connectivity index (χ2n) is 6.09. The summed E-state index contributed by atoms with van der Waals surface area (Å²) < 4.78 is 6.41. The van der Waals surface area contributed by atoms with E-state index < -0.39 is 0 Å². The fraction of sp³-hybridized carbons (Fsp3) is 0.190. The topological polar surface area (TPSA) is 29.5 Å². The predicted octanol–water partition coefficient (Wildman–Crippen LogP) is 4.63. The Hall–Kier alpha value is -2.17. The average Bonchev–Trinajstić information content (AvgIpc) is 2.68. The van der Waals surface area contributed by atoms with Gasteiger partial charge in [0.1, 0.15) is 0 Å². The molecule has 126 valence electrons. The van der Waals surface area contributed by atoms with Crippen molar-refractivity contribution in [1.29, 1.82) is 0 Å². The first-order chi connectivity index (χ1) is 12.3. The minimum absolute atomic E-state index is 0.0411. The van der Waals surface area contributed by atoms with Crippen LogP contribution in [0.25, 0.3) is 27.6 Å². The minimum atomic E-state index is 0.0411. The molecule has 0 radical (unpaired) electrons. The molecule has 0 bridgehead atoms. The van der Waals surface area contributed by atoms with Crippen molar-refractivity contribution in [3.05, 3.63) is 64.6 Å². The number of hydrogen-bond donors (Lipinski definition) is 0. The second-order valence-corrected chi connectivity index (χ2v) is 6.88. The van der Waals surface area contributed by atoms with E-state index in [-0.39, 0.29) is 5.91 Å². The van der Waals surface area contributed by atoms with Crippen LogP contribution in [0.5, 0.6) is 0 Å². The van der Waals surface area contributed by atoms with Crippen LogP contribution in [0, 0.1) is 0 Å². The number of ether oxygens (including phenoxy) is 1. The van der Waals surface area contributed by atoms with Crippen LogP contribution in [-0.2, 0) is 9.53 Å². The van der Waals surface area contributed by atoms with Crippen LogP contribution in [0.1, 0.15) is 5.56 Å². The van der Waals surface area contributed by atoms with E-state index in [9.17, 15) is 4.79 Å². The molecule has 25 heavy (non-hydrogen) atoms. The minimum Gasteiger partial charge on any atom is -0.378 e. The molecule has 0 atom stereocenters. The lowest BCUT2D eigenvalue weighted by Gasteiger charge is -2.25. The first kappa shape index (κ1) is 16.3. The third-order valence-electron chi connectivity index (χ3n) is 4.62. The summed E-state index contributed by atoms with van der Waals surface area (Å²) in [4.78, 5) is 14.3. The van der Waals surface area contributed by atoms with Crippen molar-refractivity contribution in [3.8, 4) is 0 Å². The van der Waals surface area contributed by atoms with Gasteiger partial charge in [0.2, 0.25) is 5.91 Å². The molecule has 3 nitrogen and oxygen atoms in total. The van der Waals surface area contributed by atoms with E-state index in [1.807, 2.05) is 35.2 Å². The van der Waals surface area contributed by atoms with E-state index in [4.69, 9.17) is 4.74 Å². The molecule has 0 aromatic heterocycles. The van der Waals surface area contributed by atoms with Gasteiger partial charge < -0.3 is 9.64 Å². The molecule has 0 N–H and O–H groups in total. The normalized spacial score (nSPS) is 15.3. The molecule has 1 aliphatic rings. The molecule has 1 saturated heterocycles. The lowest BCUT2D eigenvalue weighted by atomic mass is 9.96. The third kappa shape index (κ3) is 3.08. The first-order valence-corrected chi connectivity index (χ1v) is 9.18. The predicted molar refractivity (Wildman–Crippen MR) is 106 cm³/mol. The standard InChI is InChI=1S/C21H18BrNO2/c22-21-18-7-3-1-5-15(18)17(16-6-2-4-8-19(16)21)9-10-20(24)23-11-13-25-14-12-23/h1-10H,11-14H2/b10-9+. The Bertz CT molecular complexity index is 917. The summed E-state index contributed by atoms with van der Waals surface area (Å²) in [5.74, 6) is 0.0411. The zero-order valence-electron chi connectivity index (χ0n) is 13.7. The number of rotatable bonds is 2. The Morgan fingerprint density at radius 3 is 2.00 bits per heavy atom. The van der Waals surface area contributed by atoms with E-state index in [0.29, 0.717) is 26.3 Å². The molecular weight excluding hydrogens is 378 g/mol. The number of halogens is 1. The molecule has 1 heterocycles. The summed E-state index contributed by atoms with van der Waals surface area (Å²) in [6.45, 7) is 2.55. The maximum absolute atomic E-state index is 12.5. The van der Waals surface area contributed by atoms with Gasteiger partial charge >= 0.3 is 0 Å². The molecule has 0 aliphatic carbocycles. The van der Waals surface area contributed by atoms with Crippen LogP contribution in [0.15, 0.2) is 59.1 Å². The summed E-state index contributed by atoms with van der Waals surface area (Å²) in [6, 6.07) is 16.6. The monoisotopic (exact) mass is 395 g/mol. The summed E-state index contributed by atoms with van der Waals surface area (Å²) in [6.07, 6.45) is 3.64. The Kier molecular flexibility index (Phi) is 4.55. The molecule has 1 aliphatic heterocycles. The molecule has 3 aromatic carbocycles. The quantitative estimate of drug-likeness (QED) is 0.467. The third-order valence-corrected chi connectivity index (χ3v) is 5.48. The summed E-state index contributed by atoms with van der Waals surface area (Å²) in [5.41, 5.74) is 1.08. The van der Waals surface area contributed by atoms with Crippen molar-refractivity contribution in [1.82, 2.24) is 4.90 Å². The van der Waals surface area contributed by atoms with Gasteiger partial charge in [-0.15, -0.1) is 0 Å². The summed E-state index contributed by atoms with van der Waals surface area (Å²) in [7, 11) is 0. The van der Waals surface area contributed by atoms with Crippen LogP contribution in [0.3, 0.4) is 0 Å². The van der Waals surface area contributed by atoms with Gasteiger partial charge in [0.15, 0.2) is 0 Å². The van der Waals surface area contributed by atoms with E-state index in [0.717, 1.165) is 31.6 Å². The van der Waals surface area contributed by atoms with Gasteiger partial charge in [-0.2, -0.15) is 0 Å². The van der Waals surface area contributed by atoms with Crippen LogP contribution in [0.2, 0.25) is 0 Å². The van der Waals surface area contributed by atoms with E-state index in [2.05, 4.69) is 40.2 Å². The molecule has 0 saturated carbocycles. The zero-order chi connectivity index (χ0) is 17.2. The Morgan fingerprint density at radius 1 is 0.920 bits per heavy atom. The van der Waals surface area contributed by atoms with Gasteiger partial charge in [-0.1, -0.05) is 48.5 Å². The number of hydrogen-bond acceptors (Lipinski definition) is 2. The van der Waals surface area contributed by atoms with Crippen molar-refractivity contribution in [2.45, 2.75) is 0 Å². The van der Waals surface area contributed by atoms with Gasteiger partial charge in [0.25, 0.3) is 0 Å². The Morgan fingerprint density at radius 2 is 1.44 bits per heavy atom. The van der Waals surface area contributed by atoms with Crippen LogP contribution >= 0.6 is 15.9 Å². The first-order valence-electron chi connectivity index (χ1n) is 8.39. The average molecular weight is 396 g/mol. The maximum Gasteiger partial charge on any atom is 0.246 e. The second kappa shape index (κ2) is 6.98. The smallest absolute Gasteiger partial charge is 0.246 e. The number of morpholine rings is 1. The highest BCUT2D eigenvalue weighted by Gasteiger charge is 2.15. The largest absolute Gasteiger partial charge is 0.378 e. The van der Waals surface area contributed by atoms with E-state index in [1.54, 1.807) is 6.08 Å². The number of fused-ring (bicyclic) bond motifs is 2. The lowest BCUT2D eigenvalue weighted by Crippen LogP contribution is -2.39. The highest BCUT2D eigenvalue weighted by Crippen LogP contribution is 2.36. The van der Waals surface area contributed by atoms with Gasteiger partial charge in [0.05, 0.1) is 13.2 Å². The molecule has 0 unspecified atom stereocenters. The number of carbonyl (C=O) groups is 1. The molecule has 0 spiro atoms. The van der Waals surface area contributed by atoms with Crippen LogP contribution < -0.4 is 0 Å². The summed E-state index contributed by atoms with van der Waals surface area (Å²) in [5, 5.41) is 4.58. The fourth-order valence-electron chi connectivity index (χ4n) is 3.33. The number of amides is 1. The molecule has 3 aromatic rings. The highest BCUT2D eigenvalue weighted by molar-refractivity contribution is 9.10. The van der Waals surface area contributed by atoms with E-state index in [1.165, 1.54) is 0 Å². The number of carbonyl (C=O) groups excluding carboxylic acids is 1. The summed E-state index contributed by atoms with van der Waals surface area (Å²) >= 11 is 3.75. The Labute approximate surface area is 155 Å². The van der Waals surface area contributed by atoms with Gasteiger partial charge in [-0.05, 0) is 49.1 Å². The van der Waals surface area contributed by atoms with Crippen molar-refractivity contribution >= 4 is 49.5 Å². The molecule has 4 heteroatoms. The fourth-order valence-corrected chi connectivity index (χ4v) is 4.02. The molecule has 4 rings (SSSR count). The maximum atomic E-state index is 12.5. The van der Waals surface area contributed by atoms with E-state index >= 15 is 0 Å². The molecular formula is C21H18BrNO2. The number of benzene rings is 3. The van der Waals surface area contributed by atoms with Crippen LogP contribution in [0.4, 0.5) is 0 Å². The SMILES string of the molecule is O=C(/C=C/c1c2ccccc2c(Br)c2ccccc12)N1CCOCC1.